The summed E-state index contributed by atoms with van der Waals surface area (Å²) < 4.78 is 0. The maximum absolute atomic E-state index is 2.27. The molecular weight excluding hydrogens is 132 g/mol. The van der Waals surface area contributed by atoms with Crippen LogP contribution in [0.3, 0.4) is 0 Å². The molecule has 63 valence electrons. The second-order valence-corrected chi connectivity index (χ2v) is 3.40. The van der Waals surface area contributed by atoms with Crippen LogP contribution >= 0.6 is 0 Å². The van der Waals surface area contributed by atoms with E-state index in [2.05, 4.69) is 47.1 Å². The van der Waals surface area contributed by atoms with Gasteiger partial charge in [-0.05, 0) is 47.5 Å². The van der Waals surface area contributed by atoms with E-state index in [9.17, 15) is 0 Å². The topological polar surface area (TPSA) is 0 Å². The van der Waals surface area contributed by atoms with Crippen LogP contribution in [-0.2, 0) is 0 Å². The van der Waals surface area contributed by atoms with Crippen LogP contribution in [-0.4, -0.2) is 0 Å². The van der Waals surface area contributed by atoms with Crippen molar-refractivity contribution in [3.63, 3.8) is 0 Å². The second kappa shape index (κ2) is 5.17. The second-order valence-electron chi connectivity index (χ2n) is 3.40. The van der Waals surface area contributed by atoms with Gasteiger partial charge in [-0.15, -0.1) is 0 Å². The van der Waals surface area contributed by atoms with Crippen LogP contribution in [0.2, 0.25) is 0 Å². The standard InChI is InChI=1S/C11H19/c1-9(2)7-6-8-11(5)10(3)4/h7-8H,6H2,1-5H3. The lowest BCUT2D eigenvalue weighted by atomic mass is 10.1. The fourth-order valence-electron chi connectivity index (χ4n) is 0.676. The molecule has 11 heavy (non-hydrogen) atoms. The third-order valence-corrected chi connectivity index (χ3v) is 1.74. The van der Waals surface area contributed by atoms with E-state index in [1.54, 1.807) is 0 Å². The highest BCUT2D eigenvalue weighted by Gasteiger charge is 1.90. The summed E-state index contributed by atoms with van der Waals surface area (Å²) in [6.07, 6.45) is 5.58. The maximum Gasteiger partial charge on any atom is -0.0100 e. The van der Waals surface area contributed by atoms with Crippen molar-refractivity contribution in [2.75, 3.05) is 0 Å². The van der Waals surface area contributed by atoms with Crippen molar-refractivity contribution in [2.45, 2.75) is 41.0 Å². The predicted octanol–water partition coefficient (Wildman–Crippen LogP) is 3.90. The summed E-state index contributed by atoms with van der Waals surface area (Å²) in [5, 5.41) is 0. The number of rotatable bonds is 3. The van der Waals surface area contributed by atoms with Crippen molar-refractivity contribution < 1.29 is 0 Å². The van der Waals surface area contributed by atoms with Gasteiger partial charge >= 0.3 is 0 Å². The van der Waals surface area contributed by atoms with Gasteiger partial charge in [0.1, 0.15) is 0 Å². The van der Waals surface area contributed by atoms with Crippen LogP contribution in [0, 0.1) is 6.42 Å². The van der Waals surface area contributed by atoms with Gasteiger partial charge in [0.05, 0.1) is 0 Å². The zero-order valence-electron chi connectivity index (χ0n) is 8.36. The molecular formula is C11H19. The Bertz CT molecular complexity index is 162. The Morgan fingerprint density at radius 3 is 1.91 bits per heavy atom. The van der Waals surface area contributed by atoms with Gasteiger partial charge in [0.15, 0.2) is 0 Å². The Balaban J connectivity index is 3.73. The monoisotopic (exact) mass is 151 g/mol. The van der Waals surface area contributed by atoms with Crippen LogP contribution in [0.15, 0.2) is 22.8 Å². The van der Waals surface area contributed by atoms with Crippen molar-refractivity contribution in [1.29, 1.82) is 0 Å². The molecule has 0 fully saturated rings. The third kappa shape index (κ3) is 5.90. The molecule has 1 radical (unpaired) electrons. The summed E-state index contributed by atoms with van der Waals surface area (Å²) in [5.74, 6) is 0. The van der Waals surface area contributed by atoms with Gasteiger partial charge in [0, 0.05) is 0 Å². The first kappa shape index (κ1) is 10.5. The van der Waals surface area contributed by atoms with E-state index in [1.807, 2.05) is 0 Å². The summed E-state index contributed by atoms with van der Waals surface area (Å²) in [6, 6.07) is 0. The van der Waals surface area contributed by atoms with Gasteiger partial charge < -0.3 is 0 Å². The molecule has 0 N–H and O–H groups in total. The van der Waals surface area contributed by atoms with E-state index in [0.29, 0.717) is 0 Å². The molecule has 0 aromatic heterocycles. The molecule has 0 rings (SSSR count). The Labute approximate surface area is 71.0 Å². The number of hydrogen-bond acceptors (Lipinski definition) is 0. The lowest BCUT2D eigenvalue weighted by Gasteiger charge is -1.99. The normalized spacial score (nSPS) is 9.18. The fourth-order valence-corrected chi connectivity index (χ4v) is 0.676. The van der Waals surface area contributed by atoms with Gasteiger partial charge in [0.2, 0.25) is 0 Å². The Morgan fingerprint density at radius 1 is 1.00 bits per heavy atom. The van der Waals surface area contributed by atoms with Crippen molar-refractivity contribution in [3.8, 4) is 0 Å². The van der Waals surface area contributed by atoms with Crippen LogP contribution in [0.5, 0.6) is 0 Å². The first-order valence-corrected chi connectivity index (χ1v) is 4.14. The molecule has 0 aliphatic carbocycles. The largest absolute Gasteiger partial charge is 0.0853 e. The van der Waals surface area contributed by atoms with Gasteiger partial charge in [-0.1, -0.05) is 22.8 Å². The minimum absolute atomic E-state index is 1.07. The molecule has 0 saturated heterocycles. The fraction of sp³-hybridized carbons (Fsp3) is 0.545. The van der Waals surface area contributed by atoms with E-state index in [-0.39, 0.29) is 0 Å². The van der Waals surface area contributed by atoms with Crippen molar-refractivity contribution in [1.82, 2.24) is 0 Å². The minimum atomic E-state index is 1.07. The molecule has 0 amide bonds. The van der Waals surface area contributed by atoms with E-state index in [0.717, 1.165) is 6.42 Å². The van der Waals surface area contributed by atoms with Crippen molar-refractivity contribution in [2.24, 2.45) is 0 Å². The quantitative estimate of drug-likeness (QED) is 0.536. The van der Waals surface area contributed by atoms with E-state index >= 15 is 0 Å². The molecule has 0 bridgehead atoms. The van der Waals surface area contributed by atoms with E-state index < -0.39 is 0 Å². The molecule has 0 aliphatic heterocycles. The molecule has 0 atom stereocenters. The molecule has 0 unspecified atom stereocenters. The SMILES string of the molecule is CC(C)=CC[CH]C(C)=C(C)C. The molecule has 0 heteroatoms. The lowest BCUT2D eigenvalue weighted by molar-refractivity contribution is 1.13. The smallest absolute Gasteiger partial charge is 0.0100 e. The minimum Gasteiger partial charge on any atom is -0.0853 e. The maximum atomic E-state index is 2.27. The highest BCUT2D eigenvalue weighted by atomic mass is 14.0. The van der Waals surface area contributed by atoms with Gasteiger partial charge in [0.25, 0.3) is 0 Å². The molecule has 0 nitrogen and oxygen atoms in total. The predicted molar refractivity (Wildman–Crippen MR) is 52.4 cm³/mol. The molecule has 0 saturated carbocycles. The molecule has 0 heterocycles. The number of hydrogen-bond donors (Lipinski definition) is 0. The van der Waals surface area contributed by atoms with Gasteiger partial charge in [-0.25, -0.2) is 0 Å². The zero-order valence-corrected chi connectivity index (χ0v) is 8.36. The van der Waals surface area contributed by atoms with Gasteiger partial charge in [-0.3, -0.25) is 0 Å². The summed E-state index contributed by atoms with van der Waals surface area (Å²) >= 11 is 0. The van der Waals surface area contributed by atoms with Crippen LogP contribution in [0.4, 0.5) is 0 Å². The highest BCUT2D eigenvalue weighted by molar-refractivity contribution is 5.18. The van der Waals surface area contributed by atoms with Crippen LogP contribution in [0.1, 0.15) is 41.0 Å². The molecule has 0 aromatic carbocycles. The Kier molecular flexibility index (Phi) is 4.93. The number of allylic oxidation sites excluding steroid dienone is 4. The van der Waals surface area contributed by atoms with Crippen LogP contribution < -0.4 is 0 Å². The third-order valence-electron chi connectivity index (χ3n) is 1.74. The highest BCUT2D eigenvalue weighted by Crippen LogP contribution is 2.09. The van der Waals surface area contributed by atoms with Crippen molar-refractivity contribution in [3.05, 3.63) is 29.2 Å². The average Bonchev–Trinajstić information content (AvgIpc) is 1.86. The Hall–Kier alpha value is -0.520. The first-order chi connectivity index (χ1) is 5.04. The summed E-state index contributed by atoms with van der Waals surface area (Å²) in [5.41, 5.74) is 4.21. The summed E-state index contributed by atoms with van der Waals surface area (Å²) in [7, 11) is 0. The summed E-state index contributed by atoms with van der Waals surface area (Å²) in [4.78, 5) is 0. The van der Waals surface area contributed by atoms with E-state index in [1.165, 1.54) is 16.7 Å². The lowest BCUT2D eigenvalue weighted by Crippen LogP contribution is -1.81. The summed E-state index contributed by atoms with van der Waals surface area (Å²) in [6.45, 7) is 10.7. The zero-order chi connectivity index (χ0) is 8.85. The Morgan fingerprint density at radius 2 is 1.55 bits per heavy atom. The van der Waals surface area contributed by atoms with Gasteiger partial charge in [-0.2, -0.15) is 0 Å². The average molecular weight is 151 g/mol. The first-order valence-electron chi connectivity index (χ1n) is 4.14. The van der Waals surface area contributed by atoms with E-state index in [4.69, 9.17) is 0 Å². The molecule has 0 aromatic rings. The molecule has 0 spiro atoms. The molecule has 0 aliphatic rings. The van der Waals surface area contributed by atoms with Crippen molar-refractivity contribution >= 4 is 0 Å². The van der Waals surface area contributed by atoms with Crippen LogP contribution in [0.25, 0.3) is 0 Å².